The van der Waals surface area contributed by atoms with Crippen molar-refractivity contribution >= 4 is 12.4 Å². The smallest absolute Gasteiger partial charge is 0.257 e. The van der Waals surface area contributed by atoms with Crippen LogP contribution in [0.3, 0.4) is 0 Å². The van der Waals surface area contributed by atoms with Crippen LogP contribution in [0, 0.1) is 0 Å². The second kappa shape index (κ2) is 6.03. The molecular formula is C11H16ClF2N. The lowest BCUT2D eigenvalue weighted by molar-refractivity contribution is 0.116. The Hall–Kier alpha value is -0.670. The van der Waals surface area contributed by atoms with Crippen molar-refractivity contribution in [2.24, 2.45) is 5.73 Å². The van der Waals surface area contributed by atoms with Crippen LogP contribution in [-0.2, 0) is 0 Å². The number of benzene rings is 1. The molecule has 86 valence electrons. The number of halogens is 3. The van der Waals surface area contributed by atoms with Gasteiger partial charge < -0.3 is 5.73 Å². The molecule has 2 N–H and O–H groups in total. The summed E-state index contributed by atoms with van der Waals surface area (Å²) in [6, 6.07) is 5.87. The molecule has 0 aromatic heterocycles. The highest BCUT2D eigenvalue weighted by molar-refractivity contribution is 5.85. The topological polar surface area (TPSA) is 26.0 Å². The van der Waals surface area contributed by atoms with Gasteiger partial charge in [0.05, 0.1) is 6.04 Å². The van der Waals surface area contributed by atoms with E-state index in [1.165, 1.54) is 0 Å². The summed E-state index contributed by atoms with van der Waals surface area (Å²) in [6.07, 6.45) is -2.50. The minimum Gasteiger partial charge on any atom is -0.319 e. The van der Waals surface area contributed by atoms with Crippen LogP contribution in [0.5, 0.6) is 0 Å². The minimum absolute atomic E-state index is 0. The molecule has 1 atom stereocenters. The minimum atomic E-state index is -2.50. The Morgan fingerprint density at radius 3 is 1.73 bits per heavy atom. The summed E-state index contributed by atoms with van der Waals surface area (Å²) in [5.41, 5.74) is 6.94. The van der Waals surface area contributed by atoms with Gasteiger partial charge in [-0.3, -0.25) is 0 Å². The largest absolute Gasteiger partial charge is 0.319 e. The third-order valence-corrected chi connectivity index (χ3v) is 2.26. The zero-order chi connectivity index (χ0) is 10.7. The van der Waals surface area contributed by atoms with E-state index < -0.39 is 12.5 Å². The van der Waals surface area contributed by atoms with Crippen molar-refractivity contribution < 1.29 is 8.78 Å². The maximum Gasteiger partial charge on any atom is 0.257 e. The molecule has 0 aliphatic carbocycles. The van der Waals surface area contributed by atoms with Crippen LogP contribution in [0.15, 0.2) is 24.3 Å². The van der Waals surface area contributed by atoms with Crippen molar-refractivity contribution in [1.82, 2.24) is 0 Å². The first-order valence-electron chi connectivity index (χ1n) is 4.66. The Balaban J connectivity index is 0.00000196. The van der Waals surface area contributed by atoms with E-state index in [2.05, 4.69) is 13.8 Å². The molecule has 0 bridgehead atoms. The molecule has 1 nitrogen and oxygen atoms in total. The van der Waals surface area contributed by atoms with Crippen molar-refractivity contribution in [2.75, 3.05) is 0 Å². The van der Waals surface area contributed by atoms with Gasteiger partial charge in [-0.15, -0.1) is 12.4 Å². The van der Waals surface area contributed by atoms with E-state index in [0.29, 0.717) is 11.5 Å². The number of hydrogen-bond acceptors (Lipinski definition) is 1. The Bertz CT molecular complexity index is 285. The molecule has 0 heterocycles. The van der Waals surface area contributed by atoms with Crippen molar-refractivity contribution in [1.29, 1.82) is 0 Å². The van der Waals surface area contributed by atoms with Gasteiger partial charge in [0.25, 0.3) is 6.43 Å². The van der Waals surface area contributed by atoms with Crippen LogP contribution in [0.25, 0.3) is 0 Å². The molecule has 0 fully saturated rings. The monoisotopic (exact) mass is 235 g/mol. The highest BCUT2D eigenvalue weighted by Crippen LogP contribution is 2.21. The summed E-state index contributed by atoms with van der Waals surface area (Å²) < 4.78 is 24.5. The standard InChI is InChI=1S/C11H15F2N.ClH/c1-7(2)8-3-5-9(6-4-8)10(14)11(12)13;/h3-7,10-11H,14H2,1-2H3;1H/t10-;/m1./s1. The predicted molar refractivity (Wildman–Crippen MR) is 60.7 cm³/mol. The number of nitrogens with two attached hydrogens (primary N) is 1. The number of rotatable bonds is 3. The molecule has 1 aromatic carbocycles. The van der Waals surface area contributed by atoms with E-state index in [9.17, 15) is 8.78 Å². The highest BCUT2D eigenvalue weighted by atomic mass is 35.5. The molecule has 0 radical (unpaired) electrons. The van der Waals surface area contributed by atoms with Crippen LogP contribution >= 0.6 is 12.4 Å². The van der Waals surface area contributed by atoms with E-state index >= 15 is 0 Å². The van der Waals surface area contributed by atoms with Gasteiger partial charge >= 0.3 is 0 Å². The Labute approximate surface area is 95.1 Å². The third kappa shape index (κ3) is 3.76. The Morgan fingerprint density at radius 2 is 1.40 bits per heavy atom. The maximum atomic E-state index is 12.2. The van der Waals surface area contributed by atoms with Crippen LogP contribution in [0.2, 0.25) is 0 Å². The first kappa shape index (κ1) is 14.3. The molecule has 1 aromatic rings. The molecule has 4 heteroatoms. The van der Waals surface area contributed by atoms with Gasteiger partial charge in [-0.2, -0.15) is 0 Å². The van der Waals surface area contributed by atoms with Crippen molar-refractivity contribution in [3.63, 3.8) is 0 Å². The van der Waals surface area contributed by atoms with Gasteiger partial charge in [0.2, 0.25) is 0 Å². The highest BCUT2D eigenvalue weighted by Gasteiger charge is 2.16. The predicted octanol–water partition coefficient (Wildman–Crippen LogP) is 3.50. The normalized spacial score (nSPS) is 12.7. The van der Waals surface area contributed by atoms with E-state index in [4.69, 9.17) is 5.73 Å². The average molecular weight is 236 g/mol. The van der Waals surface area contributed by atoms with Crippen molar-refractivity contribution in [2.45, 2.75) is 32.2 Å². The van der Waals surface area contributed by atoms with Gasteiger partial charge in [-0.25, -0.2) is 8.78 Å². The van der Waals surface area contributed by atoms with Crippen molar-refractivity contribution in [3.05, 3.63) is 35.4 Å². The summed E-state index contributed by atoms with van der Waals surface area (Å²) in [5.74, 6) is 0.409. The molecule has 1 rings (SSSR count). The fourth-order valence-corrected chi connectivity index (χ4v) is 1.25. The third-order valence-electron chi connectivity index (χ3n) is 2.26. The quantitative estimate of drug-likeness (QED) is 0.853. The first-order valence-corrected chi connectivity index (χ1v) is 4.66. The molecule has 0 aliphatic rings. The number of hydrogen-bond donors (Lipinski definition) is 1. The van der Waals surface area contributed by atoms with E-state index in [-0.39, 0.29) is 12.4 Å². The van der Waals surface area contributed by atoms with Crippen LogP contribution < -0.4 is 5.73 Å². The lowest BCUT2D eigenvalue weighted by Gasteiger charge is -2.12. The molecule has 0 saturated heterocycles. The Kier molecular flexibility index (Phi) is 5.76. The Morgan fingerprint density at radius 1 is 1.00 bits per heavy atom. The fourth-order valence-electron chi connectivity index (χ4n) is 1.25. The van der Waals surface area contributed by atoms with Gasteiger partial charge in [0.15, 0.2) is 0 Å². The zero-order valence-corrected chi connectivity index (χ0v) is 9.60. The molecular weight excluding hydrogens is 220 g/mol. The van der Waals surface area contributed by atoms with E-state index in [1.54, 1.807) is 12.1 Å². The van der Waals surface area contributed by atoms with E-state index in [1.807, 2.05) is 12.1 Å². The number of alkyl halides is 2. The molecule has 0 unspecified atom stereocenters. The summed E-state index contributed by atoms with van der Waals surface area (Å²) in [4.78, 5) is 0. The summed E-state index contributed by atoms with van der Waals surface area (Å²) in [7, 11) is 0. The van der Waals surface area contributed by atoms with Crippen LogP contribution in [0.4, 0.5) is 8.78 Å². The first-order chi connectivity index (χ1) is 6.52. The van der Waals surface area contributed by atoms with Crippen LogP contribution in [0.1, 0.15) is 36.9 Å². The zero-order valence-electron chi connectivity index (χ0n) is 8.78. The molecule has 15 heavy (non-hydrogen) atoms. The fraction of sp³-hybridized carbons (Fsp3) is 0.455. The lowest BCUT2D eigenvalue weighted by atomic mass is 9.99. The SMILES string of the molecule is CC(C)c1ccc([C@@H](N)C(F)F)cc1.Cl. The van der Waals surface area contributed by atoms with Gasteiger partial charge in [0, 0.05) is 0 Å². The van der Waals surface area contributed by atoms with E-state index in [0.717, 1.165) is 5.56 Å². The molecule has 0 aliphatic heterocycles. The second-order valence-electron chi connectivity index (χ2n) is 3.68. The summed E-state index contributed by atoms with van der Waals surface area (Å²) >= 11 is 0. The summed E-state index contributed by atoms with van der Waals surface area (Å²) in [5, 5.41) is 0. The van der Waals surface area contributed by atoms with Crippen molar-refractivity contribution in [3.8, 4) is 0 Å². The lowest BCUT2D eigenvalue weighted by Crippen LogP contribution is -2.18. The molecule has 0 spiro atoms. The van der Waals surface area contributed by atoms with Crippen LogP contribution in [-0.4, -0.2) is 6.43 Å². The average Bonchev–Trinajstić information content (AvgIpc) is 2.16. The van der Waals surface area contributed by atoms with Gasteiger partial charge in [-0.05, 0) is 17.0 Å². The maximum absolute atomic E-state index is 12.2. The van der Waals surface area contributed by atoms with Gasteiger partial charge in [-0.1, -0.05) is 38.1 Å². The van der Waals surface area contributed by atoms with Gasteiger partial charge in [0.1, 0.15) is 0 Å². The molecule has 0 amide bonds. The molecule has 0 saturated carbocycles. The second-order valence-corrected chi connectivity index (χ2v) is 3.68. The summed E-state index contributed by atoms with van der Waals surface area (Å²) in [6.45, 7) is 4.12.